The molecule has 0 saturated heterocycles. The first-order chi connectivity index (χ1) is 13.0. The summed E-state index contributed by atoms with van der Waals surface area (Å²) in [7, 11) is -3.68. The molecule has 0 unspecified atom stereocenters. The highest BCUT2D eigenvalue weighted by Crippen LogP contribution is 2.15. The molecule has 142 valence electrons. The van der Waals surface area contributed by atoms with Gasteiger partial charge in [-0.05, 0) is 30.0 Å². The second kappa shape index (κ2) is 8.84. The van der Waals surface area contributed by atoms with Crippen molar-refractivity contribution in [2.45, 2.75) is 17.1 Å². The van der Waals surface area contributed by atoms with Crippen molar-refractivity contribution in [1.82, 2.24) is 19.8 Å². The van der Waals surface area contributed by atoms with Crippen molar-refractivity contribution in [3.8, 4) is 11.4 Å². The van der Waals surface area contributed by atoms with Crippen LogP contribution < -0.4 is 4.72 Å². The van der Waals surface area contributed by atoms with E-state index in [4.69, 9.17) is 9.26 Å². The predicted molar refractivity (Wildman–Crippen MR) is 96.3 cm³/mol. The molecular formula is C16H16N4O5S2. The minimum absolute atomic E-state index is 0.115. The van der Waals surface area contributed by atoms with Crippen LogP contribution in [0.1, 0.15) is 12.3 Å². The molecule has 0 bridgehead atoms. The third-order valence-corrected chi connectivity index (χ3v) is 6.15. The summed E-state index contributed by atoms with van der Waals surface area (Å²) in [5, 5.41) is 5.51. The fourth-order valence-corrected chi connectivity index (χ4v) is 4.08. The molecule has 0 aliphatic rings. The first-order valence-corrected chi connectivity index (χ1v) is 10.3. The van der Waals surface area contributed by atoms with Gasteiger partial charge in [0.15, 0.2) is 0 Å². The summed E-state index contributed by atoms with van der Waals surface area (Å²) < 4.78 is 36.3. The van der Waals surface area contributed by atoms with E-state index in [1.54, 1.807) is 29.9 Å². The van der Waals surface area contributed by atoms with Crippen molar-refractivity contribution in [2.75, 3.05) is 13.2 Å². The number of nitrogens with one attached hydrogen (secondary N) is 1. The second-order valence-electron chi connectivity index (χ2n) is 5.33. The normalized spacial score (nSPS) is 11.4. The molecule has 0 fully saturated rings. The van der Waals surface area contributed by atoms with Gasteiger partial charge < -0.3 is 9.26 Å². The van der Waals surface area contributed by atoms with Crippen LogP contribution in [0.15, 0.2) is 50.8 Å². The SMILES string of the molecule is O=C(CNS(=O)(=O)c1cccs1)OCCCc1nc(-c2cccnc2)no1. The van der Waals surface area contributed by atoms with Gasteiger partial charge in [-0.2, -0.15) is 9.71 Å². The topological polar surface area (TPSA) is 124 Å². The van der Waals surface area contributed by atoms with Gasteiger partial charge in [0.1, 0.15) is 10.8 Å². The van der Waals surface area contributed by atoms with Gasteiger partial charge >= 0.3 is 5.97 Å². The highest BCUT2D eigenvalue weighted by Gasteiger charge is 2.17. The van der Waals surface area contributed by atoms with E-state index in [0.717, 1.165) is 16.9 Å². The summed E-state index contributed by atoms with van der Waals surface area (Å²) in [5.74, 6) is 0.207. The van der Waals surface area contributed by atoms with Gasteiger partial charge in [-0.15, -0.1) is 11.3 Å². The maximum atomic E-state index is 11.9. The Morgan fingerprint density at radius 2 is 2.19 bits per heavy atom. The summed E-state index contributed by atoms with van der Waals surface area (Å²) in [6, 6.07) is 6.68. The van der Waals surface area contributed by atoms with Crippen molar-refractivity contribution < 1.29 is 22.5 Å². The lowest BCUT2D eigenvalue weighted by Gasteiger charge is -2.05. The smallest absolute Gasteiger partial charge is 0.321 e. The summed E-state index contributed by atoms with van der Waals surface area (Å²) in [6.07, 6.45) is 4.19. The molecule has 0 aromatic carbocycles. The lowest BCUT2D eigenvalue weighted by molar-refractivity contribution is -0.142. The van der Waals surface area contributed by atoms with E-state index >= 15 is 0 Å². The lowest BCUT2D eigenvalue weighted by Crippen LogP contribution is -2.30. The number of thiophene rings is 1. The zero-order valence-corrected chi connectivity index (χ0v) is 15.7. The van der Waals surface area contributed by atoms with Gasteiger partial charge in [0.2, 0.25) is 11.7 Å². The van der Waals surface area contributed by atoms with Crippen molar-refractivity contribution in [1.29, 1.82) is 0 Å². The van der Waals surface area contributed by atoms with Crippen LogP contribution in [-0.2, 0) is 26.0 Å². The Labute approximate surface area is 159 Å². The molecule has 1 N–H and O–H groups in total. The monoisotopic (exact) mass is 408 g/mol. The van der Waals surface area contributed by atoms with E-state index in [1.165, 1.54) is 6.07 Å². The molecule has 0 aliphatic heterocycles. The number of sulfonamides is 1. The van der Waals surface area contributed by atoms with E-state index in [-0.39, 0.29) is 10.8 Å². The highest BCUT2D eigenvalue weighted by atomic mass is 32.2. The Balaban J connectivity index is 1.38. The van der Waals surface area contributed by atoms with Crippen molar-refractivity contribution in [2.24, 2.45) is 0 Å². The van der Waals surface area contributed by atoms with Crippen LogP contribution in [0.4, 0.5) is 0 Å². The molecule has 0 aliphatic carbocycles. The number of carbonyl (C=O) groups is 1. The molecule has 3 rings (SSSR count). The molecule has 11 heteroatoms. The summed E-state index contributed by atoms with van der Waals surface area (Å²) in [4.78, 5) is 19.9. The van der Waals surface area contributed by atoms with Crippen LogP contribution in [0.5, 0.6) is 0 Å². The zero-order valence-electron chi connectivity index (χ0n) is 14.1. The average molecular weight is 408 g/mol. The van der Waals surface area contributed by atoms with Crippen LogP contribution in [-0.4, -0.2) is 42.7 Å². The number of ether oxygens (including phenoxy) is 1. The highest BCUT2D eigenvalue weighted by molar-refractivity contribution is 7.91. The maximum Gasteiger partial charge on any atom is 0.321 e. The number of aromatic nitrogens is 3. The Bertz CT molecular complexity index is 971. The van der Waals surface area contributed by atoms with Gasteiger partial charge in [0.05, 0.1) is 6.61 Å². The van der Waals surface area contributed by atoms with Crippen LogP contribution in [0, 0.1) is 0 Å². The molecular weight excluding hydrogens is 392 g/mol. The average Bonchev–Trinajstić information content (AvgIpc) is 3.37. The number of hydrogen-bond acceptors (Lipinski definition) is 9. The quantitative estimate of drug-likeness (QED) is 0.419. The van der Waals surface area contributed by atoms with Crippen LogP contribution >= 0.6 is 11.3 Å². The first kappa shape index (κ1) is 19.1. The molecule has 3 aromatic heterocycles. The molecule has 27 heavy (non-hydrogen) atoms. The first-order valence-electron chi connectivity index (χ1n) is 7.96. The number of aryl methyl sites for hydroxylation is 1. The lowest BCUT2D eigenvalue weighted by atomic mass is 10.3. The van der Waals surface area contributed by atoms with Crippen molar-refractivity contribution in [3.63, 3.8) is 0 Å². The van der Waals surface area contributed by atoms with E-state index < -0.39 is 22.5 Å². The molecule has 3 aromatic rings. The van der Waals surface area contributed by atoms with Gasteiger partial charge in [-0.25, -0.2) is 8.42 Å². The maximum absolute atomic E-state index is 11.9. The molecule has 0 spiro atoms. The van der Waals surface area contributed by atoms with E-state index in [2.05, 4.69) is 19.8 Å². The fraction of sp³-hybridized carbons (Fsp3) is 0.250. The summed E-state index contributed by atoms with van der Waals surface area (Å²) >= 11 is 1.07. The van der Waals surface area contributed by atoms with E-state index in [9.17, 15) is 13.2 Å². The Kier molecular flexibility index (Phi) is 6.27. The second-order valence-corrected chi connectivity index (χ2v) is 8.28. The molecule has 0 saturated carbocycles. The van der Waals surface area contributed by atoms with Crippen LogP contribution in [0.3, 0.4) is 0 Å². The summed E-state index contributed by atoms with van der Waals surface area (Å²) in [5.41, 5.74) is 0.747. The third kappa shape index (κ3) is 5.42. The number of nitrogens with zero attached hydrogens (tertiary/aromatic N) is 3. The number of pyridine rings is 1. The standard InChI is InChI=1S/C16H16N4O5S2/c21-14(11-18-27(22,23)15-6-3-9-26-15)24-8-2-5-13-19-16(20-25-13)12-4-1-7-17-10-12/h1,3-4,6-7,9-10,18H,2,5,8,11H2. The predicted octanol–water partition coefficient (Wildman–Crippen LogP) is 1.65. The van der Waals surface area contributed by atoms with E-state index in [0.29, 0.717) is 24.6 Å². The van der Waals surface area contributed by atoms with Crippen molar-refractivity contribution in [3.05, 3.63) is 47.9 Å². The summed E-state index contributed by atoms with van der Waals surface area (Å²) in [6.45, 7) is -0.309. The van der Waals surface area contributed by atoms with E-state index in [1.807, 2.05) is 6.07 Å². The minimum atomic E-state index is -3.68. The Morgan fingerprint density at radius 1 is 1.30 bits per heavy atom. The van der Waals surface area contributed by atoms with Gasteiger partial charge in [0, 0.05) is 24.4 Å². The number of esters is 1. The molecule has 3 heterocycles. The van der Waals surface area contributed by atoms with Gasteiger partial charge in [-0.1, -0.05) is 11.2 Å². The van der Waals surface area contributed by atoms with Crippen LogP contribution in [0.2, 0.25) is 0 Å². The fourth-order valence-electron chi connectivity index (χ4n) is 2.07. The van der Waals surface area contributed by atoms with Gasteiger partial charge in [0.25, 0.3) is 10.0 Å². The third-order valence-electron chi connectivity index (χ3n) is 3.35. The van der Waals surface area contributed by atoms with Crippen LogP contribution in [0.25, 0.3) is 11.4 Å². The Hall–Kier alpha value is -2.63. The molecule has 0 radical (unpaired) electrons. The van der Waals surface area contributed by atoms with Gasteiger partial charge in [-0.3, -0.25) is 9.78 Å². The molecule has 0 atom stereocenters. The zero-order chi connectivity index (χ0) is 19.1. The van der Waals surface area contributed by atoms with Crippen molar-refractivity contribution >= 4 is 27.3 Å². The number of carbonyl (C=O) groups excluding carboxylic acids is 1. The minimum Gasteiger partial charge on any atom is -0.465 e. The largest absolute Gasteiger partial charge is 0.465 e. The molecule has 0 amide bonds. The Morgan fingerprint density at radius 3 is 2.93 bits per heavy atom. The molecule has 9 nitrogen and oxygen atoms in total. The number of rotatable bonds is 9. The number of hydrogen-bond donors (Lipinski definition) is 1.